The van der Waals surface area contributed by atoms with Gasteiger partial charge in [-0.15, -0.1) is 45.3 Å². The summed E-state index contributed by atoms with van der Waals surface area (Å²) in [6, 6.07) is 39.9. The van der Waals surface area contributed by atoms with Crippen LogP contribution in [0.5, 0.6) is 34.5 Å². The van der Waals surface area contributed by atoms with Crippen molar-refractivity contribution in [1.82, 2.24) is 49.6 Å². The van der Waals surface area contributed by atoms with Crippen molar-refractivity contribution in [2.45, 2.75) is 98.8 Å². The minimum Gasteiger partial charge on any atom is -0.505 e. The van der Waals surface area contributed by atoms with E-state index in [1.165, 1.54) is 59.1 Å². The minimum absolute atomic E-state index is 0.0853. The smallest absolute Gasteiger partial charge is 0.410 e. The Labute approximate surface area is 798 Å². The summed E-state index contributed by atoms with van der Waals surface area (Å²) in [5.41, 5.74) is 17.0. The standard InChI is InChI=1S/C27H27FN4O6S.C27H29FN4O4S.C21H24ClN3O3S.C7H4ClNS.C6H4FNO3.C6H6FNO/c1-27(2,3)38-26(33)31(11-12-36-4)16-17-5-7-20(30-15-17)24-14-21-25(39-24)23(9-10-29-21)37-22-8-6-18(32(34)35)13-19(22)28;1-27(2,3)36-26(33)32(11-12-34-4)16-17-5-7-20(31-15-17)24-14-21-25(37-24)23(9-10-30-21)35-22-8-6-18(29)13-19(22)28;1-21(2,3)28-20(26)25(9-10-27-4)13-14-5-6-16(24-12-14)18-11-17-19(29-18)15(22)7-8-23-17;8-5-1-3-9-6-2-4-10-7(5)6;7-5-3-4(8(10)11)1-2-6(5)9;7-5-3-4(8)1-2-6(5)9/h5-10,13-15H,11-12,16H2,1-4H3;5-10,13-15H,11-12,16,29H2,1-4H3;5-8,11-12H,9-10,13H2,1-4H3;1-4H;1-3,9H;1-3,9H,8H2. The van der Waals surface area contributed by atoms with Crippen LogP contribution in [0.3, 0.4) is 0 Å². The van der Waals surface area contributed by atoms with Crippen molar-refractivity contribution >= 4 is 150 Å². The first-order valence-electron chi connectivity index (χ1n) is 40.9. The highest BCUT2D eigenvalue weighted by Gasteiger charge is 2.28. The molecule has 15 rings (SSSR count). The molecule has 11 aromatic heterocycles. The van der Waals surface area contributed by atoms with Gasteiger partial charge in [-0.3, -0.25) is 55.1 Å². The SMILES string of the molecule is COCCN(Cc1ccc(-c2cc3nccc(Cl)c3s2)nc1)C(=O)OC(C)(C)C.COCCN(Cc1ccc(-c2cc3nccc(Oc4ccc(N)cc4F)c3s2)nc1)C(=O)OC(C)(C)C.COCCN(Cc1ccc(-c2cc3nccc(Oc4ccc([N+](=O)[O-])cc4F)c3s2)nc1)C(=O)OC(C)(C)C.Clc1ccnc2ccsc12.Nc1ccc(O)c(F)c1.O=[N+]([O-])c1ccc(O)c(F)c1. The molecule has 0 atom stereocenters. The van der Waals surface area contributed by atoms with Gasteiger partial charge in [0.15, 0.2) is 46.3 Å². The molecule has 11 heterocycles. The minimum atomic E-state index is -0.987. The number of ether oxygens (including phenoxy) is 8. The lowest BCUT2D eigenvalue weighted by atomic mass is 10.2. The molecule has 0 bridgehead atoms. The molecule has 15 aromatic rings. The van der Waals surface area contributed by atoms with Gasteiger partial charge in [0.2, 0.25) is 0 Å². The van der Waals surface area contributed by atoms with Crippen LogP contribution >= 0.6 is 68.5 Å². The molecule has 41 heteroatoms. The molecule has 0 spiro atoms. The number of pyridine rings is 7. The molecular weight excluding hydrogens is 1870 g/mol. The van der Waals surface area contributed by atoms with Gasteiger partial charge in [0.1, 0.15) is 28.3 Å². The molecule has 0 aliphatic heterocycles. The topological polar surface area (TPSA) is 404 Å². The fourth-order valence-electron chi connectivity index (χ4n) is 11.7. The Kier molecular flexibility index (Phi) is 36.6. The molecule has 0 saturated heterocycles. The lowest BCUT2D eigenvalue weighted by Crippen LogP contribution is -2.38. The van der Waals surface area contributed by atoms with Crippen molar-refractivity contribution < 1.29 is 89.9 Å². The summed E-state index contributed by atoms with van der Waals surface area (Å²) >= 11 is 18.1. The molecule has 31 nitrogen and oxygen atoms in total. The predicted octanol–water partition coefficient (Wildman–Crippen LogP) is 23.7. The number of carbonyl (C=O) groups is 3. The van der Waals surface area contributed by atoms with E-state index < -0.39 is 67.9 Å². The number of aromatic hydroxyl groups is 2. The van der Waals surface area contributed by atoms with Crippen LogP contribution in [0, 0.1) is 43.5 Å². The van der Waals surface area contributed by atoms with Gasteiger partial charge in [-0.05, 0) is 175 Å². The molecule has 0 saturated carbocycles. The maximum absolute atomic E-state index is 14.4. The van der Waals surface area contributed by atoms with Crippen LogP contribution < -0.4 is 20.9 Å². The van der Waals surface area contributed by atoms with Crippen molar-refractivity contribution in [3.63, 3.8) is 0 Å². The highest BCUT2D eigenvalue weighted by Crippen LogP contribution is 2.43. The molecule has 0 unspecified atom stereocenters. The molecule has 0 radical (unpaired) electrons. The first-order chi connectivity index (χ1) is 64.1. The zero-order valence-corrected chi connectivity index (χ0v) is 79.7. The van der Waals surface area contributed by atoms with Crippen molar-refractivity contribution in [2.75, 3.05) is 72.3 Å². The number of aromatic nitrogens is 7. The third kappa shape index (κ3) is 31.0. The van der Waals surface area contributed by atoms with Crippen LogP contribution in [0.15, 0.2) is 206 Å². The normalized spacial score (nSPS) is 11.1. The van der Waals surface area contributed by atoms with E-state index in [1.807, 2.05) is 128 Å². The number of rotatable bonds is 24. The Morgan fingerprint density at radius 1 is 0.407 bits per heavy atom. The van der Waals surface area contributed by atoms with Gasteiger partial charge in [-0.2, -0.15) is 0 Å². The molecule has 708 valence electrons. The number of phenols is 2. The first-order valence-corrected chi connectivity index (χ1v) is 45.0. The predicted molar refractivity (Wildman–Crippen MR) is 515 cm³/mol. The quantitative estimate of drug-likeness (QED) is 0.0109. The molecule has 0 aliphatic carbocycles. The van der Waals surface area contributed by atoms with Crippen LogP contribution in [0.4, 0.5) is 54.7 Å². The second-order valence-corrected chi connectivity index (χ2v) is 36.9. The summed E-state index contributed by atoms with van der Waals surface area (Å²) in [5, 5.41) is 41.6. The molecular formula is C94H94Cl2F4N14O17S4. The maximum atomic E-state index is 14.4. The van der Waals surface area contributed by atoms with Crippen LogP contribution in [0.25, 0.3) is 72.6 Å². The van der Waals surface area contributed by atoms with Gasteiger partial charge in [-0.25, -0.2) is 31.9 Å². The number of non-ortho nitro benzene ring substituents is 2. The van der Waals surface area contributed by atoms with Gasteiger partial charge in [0, 0.05) is 132 Å². The average Bonchev–Trinajstić information content (AvgIpc) is 1.65. The number of carbonyl (C=O) groups excluding carboxylic acids is 3. The Balaban J connectivity index is 0.000000181. The van der Waals surface area contributed by atoms with Gasteiger partial charge in [0.05, 0.1) is 144 Å². The third-order valence-corrected chi connectivity index (χ3v) is 23.3. The number of hydrogen-bond acceptors (Lipinski definition) is 30. The zero-order valence-electron chi connectivity index (χ0n) is 74.9. The summed E-state index contributed by atoms with van der Waals surface area (Å²) in [6.45, 7) is 19.9. The number of nitrogens with two attached hydrogens (primary N) is 2. The van der Waals surface area contributed by atoms with E-state index in [1.54, 1.807) is 132 Å². The number of thiophene rings is 4. The van der Waals surface area contributed by atoms with Gasteiger partial charge in [0.25, 0.3) is 11.4 Å². The lowest BCUT2D eigenvalue weighted by molar-refractivity contribution is -0.385. The highest BCUT2D eigenvalue weighted by atomic mass is 35.5. The summed E-state index contributed by atoms with van der Waals surface area (Å²) in [7, 11) is 4.77. The number of nitrogens with zero attached hydrogens (tertiary/aromatic N) is 12. The number of anilines is 2. The fourth-order valence-corrected chi connectivity index (χ4v) is 16.1. The van der Waals surface area contributed by atoms with E-state index in [0.717, 1.165) is 103 Å². The molecule has 135 heavy (non-hydrogen) atoms. The van der Waals surface area contributed by atoms with E-state index in [2.05, 4.69) is 34.9 Å². The van der Waals surface area contributed by atoms with E-state index in [0.29, 0.717) is 109 Å². The first kappa shape index (κ1) is 103. The van der Waals surface area contributed by atoms with Crippen molar-refractivity contribution in [3.8, 4) is 66.2 Å². The summed E-state index contributed by atoms with van der Waals surface area (Å²) in [4.78, 5) is 95.8. The Morgan fingerprint density at radius 2 is 0.741 bits per heavy atom. The third-order valence-electron chi connectivity index (χ3n) is 18.1. The second-order valence-electron chi connectivity index (χ2n) is 32.0. The number of halogens is 6. The van der Waals surface area contributed by atoms with Gasteiger partial charge in [-0.1, -0.05) is 41.4 Å². The number of nitrogen functional groups attached to an aromatic ring is 2. The van der Waals surface area contributed by atoms with Crippen molar-refractivity contribution in [1.29, 1.82) is 0 Å². The number of methoxy groups -OCH3 is 3. The zero-order chi connectivity index (χ0) is 98.0. The van der Waals surface area contributed by atoms with Crippen LogP contribution in [0.2, 0.25) is 10.0 Å². The summed E-state index contributed by atoms with van der Waals surface area (Å²) in [6.07, 6.45) is 10.6. The molecule has 0 fully saturated rings. The largest absolute Gasteiger partial charge is 0.505 e. The maximum Gasteiger partial charge on any atom is 0.410 e. The number of benzene rings is 4. The number of phenolic OH excluding ortho intramolecular Hbond substituents is 2. The van der Waals surface area contributed by atoms with E-state index in [4.69, 9.17) is 82.8 Å². The number of nitro groups is 2. The second kappa shape index (κ2) is 47.8. The Bertz CT molecular complexity index is 6590. The van der Waals surface area contributed by atoms with Crippen molar-refractivity contribution in [2.24, 2.45) is 0 Å². The Morgan fingerprint density at radius 3 is 1.08 bits per heavy atom. The molecule has 0 aliphatic rings. The van der Waals surface area contributed by atoms with Crippen molar-refractivity contribution in [3.05, 3.63) is 277 Å². The highest BCUT2D eigenvalue weighted by molar-refractivity contribution is 7.23. The molecule has 6 N–H and O–H groups in total. The van der Waals surface area contributed by atoms with Crippen LogP contribution in [-0.4, -0.2) is 166 Å². The van der Waals surface area contributed by atoms with Gasteiger partial charge >= 0.3 is 18.3 Å². The van der Waals surface area contributed by atoms with Crippen LogP contribution in [-0.2, 0) is 48.1 Å². The number of nitro benzene ring substituents is 2. The van der Waals surface area contributed by atoms with Gasteiger partial charge < -0.3 is 74.3 Å². The average molecular weight is 1970 g/mol. The number of amides is 3. The Hall–Kier alpha value is -13.6. The van der Waals surface area contributed by atoms with E-state index in [-0.39, 0.29) is 34.7 Å². The van der Waals surface area contributed by atoms with E-state index >= 15 is 0 Å². The van der Waals surface area contributed by atoms with Crippen LogP contribution in [0.1, 0.15) is 79.0 Å². The summed E-state index contributed by atoms with van der Waals surface area (Å²) < 4.78 is 100. The number of hydrogen-bond donors (Lipinski definition) is 4. The molecule has 4 aromatic carbocycles. The number of fused-ring (bicyclic) bond motifs is 4. The van der Waals surface area contributed by atoms with E-state index in [9.17, 15) is 52.2 Å². The fraction of sp³-hybridized carbons (Fsp3) is 0.255. The monoisotopic (exact) mass is 1960 g/mol. The summed E-state index contributed by atoms with van der Waals surface area (Å²) in [5.74, 6) is -3.19. The molecule has 3 amide bonds. The lowest BCUT2D eigenvalue weighted by Gasteiger charge is -2.27.